The molecule has 1 amide bonds. The van der Waals surface area contributed by atoms with Gasteiger partial charge in [0, 0.05) is 24.7 Å². The van der Waals surface area contributed by atoms with Crippen molar-refractivity contribution in [2.24, 2.45) is 23.7 Å². The van der Waals surface area contributed by atoms with Gasteiger partial charge in [0.1, 0.15) is 4.90 Å². The van der Waals surface area contributed by atoms with Crippen LogP contribution in [0, 0.1) is 23.7 Å². The lowest BCUT2D eigenvalue weighted by atomic mass is 9.82. The van der Waals surface area contributed by atoms with Gasteiger partial charge < -0.3 is 0 Å². The molecule has 2 saturated carbocycles. The lowest BCUT2D eigenvalue weighted by Crippen LogP contribution is -2.41. The Balaban J connectivity index is 1.47. The quantitative estimate of drug-likeness (QED) is 0.780. The molecule has 2 aliphatic carbocycles. The number of hydrazine groups is 1. The fourth-order valence-electron chi connectivity index (χ4n) is 5.21. The number of rotatable bonds is 5. The highest BCUT2D eigenvalue weighted by molar-refractivity contribution is 7.89. The molecule has 1 heterocycles. The van der Waals surface area contributed by atoms with Gasteiger partial charge in [0.2, 0.25) is 10.0 Å². The summed E-state index contributed by atoms with van der Waals surface area (Å²) < 4.78 is 27.4. The Morgan fingerprint density at radius 2 is 1.81 bits per heavy atom. The number of amides is 1. The molecule has 1 aromatic carbocycles. The Labute approximate surface area is 165 Å². The summed E-state index contributed by atoms with van der Waals surface area (Å²) in [6.45, 7) is 5.26. The van der Waals surface area contributed by atoms with Gasteiger partial charge in [-0.1, -0.05) is 11.6 Å². The summed E-state index contributed by atoms with van der Waals surface area (Å²) in [5.74, 6) is 2.73. The van der Waals surface area contributed by atoms with E-state index in [1.54, 1.807) is 19.9 Å². The number of halogens is 1. The number of carbonyl (C=O) groups excluding carboxylic acids is 1. The number of benzene rings is 1. The van der Waals surface area contributed by atoms with E-state index >= 15 is 0 Å². The highest BCUT2D eigenvalue weighted by Crippen LogP contribution is 2.54. The maximum Gasteiger partial charge on any atom is 0.265 e. The summed E-state index contributed by atoms with van der Waals surface area (Å²) in [6, 6.07) is 4.11. The summed E-state index contributed by atoms with van der Waals surface area (Å²) in [7, 11) is -3.77. The van der Waals surface area contributed by atoms with E-state index in [4.69, 9.17) is 11.6 Å². The van der Waals surface area contributed by atoms with Crippen molar-refractivity contribution in [3.63, 3.8) is 0 Å². The normalized spacial score (nSPS) is 30.1. The second-order valence-electron chi connectivity index (χ2n) is 8.43. The number of fused-ring (bicyclic) bond motifs is 5. The van der Waals surface area contributed by atoms with Gasteiger partial charge in [-0.3, -0.25) is 10.2 Å². The SMILES string of the molecule is CC(C)NS(=O)(=O)c1cc(C(=O)NN2C[C@@H]3[C@H]4CC[C@H](C4)[C@@H]3C2)ccc1Cl. The lowest BCUT2D eigenvalue weighted by Gasteiger charge is -2.22. The van der Waals surface area contributed by atoms with Gasteiger partial charge in [0.05, 0.1) is 5.02 Å². The standard InChI is InChI=1S/C19H26ClN3O3S/c1-11(2)22-27(25,26)18-8-14(5-6-17(18)20)19(24)21-23-9-15-12-3-4-13(7-12)16(15)10-23/h5-6,8,11-13,15-16,22H,3-4,7,9-10H2,1-2H3,(H,21,24)/t12-,13+,15+,16-. The molecule has 148 valence electrons. The van der Waals surface area contributed by atoms with Crippen LogP contribution < -0.4 is 10.1 Å². The Bertz CT molecular complexity index is 840. The van der Waals surface area contributed by atoms with Crippen LogP contribution in [0.5, 0.6) is 0 Å². The molecule has 2 N–H and O–H groups in total. The molecule has 0 spiro atoms. The molecule has 3 fully saturated rings. The number of nitrogens with zero attached hydrogens (tertiary/aromatic N) is 1. The number of sulfonamides is 1. The topological polar surface area (TPSA) is 78.5 Å². The summed E-state index contributed by atoms with van der Waals surface area (Å²) in [5, 5.41) is 2.11. The average Bonchev–Trinajstić information content (AvgIpc) is 3.26. The van der Waals surface area contributed by atoms with Crippen LogP contribution in [-0.4, -0.2) is 38.5 Å². The van der Waals surface area contributed by atoms with Crippen molar-refractivity contribution in [3.8, 4) is 0 Å². The van der Waals surface area contributed by atoms with Crippen LogP contribution in [0.2, 0.25) is 5.02 Å². The van der Waals surface area contributed by atoms with Crippen molar-refractivity contribution in [2.45, 2.75) is 44.0 Å². The average molecular weight is 412 g/mol. The fourth-order valence-corrected chi connectivity index (χ4v) is 6.98. The van der Waals surface area contributed by atoms with Crippen molar-refractivity contribution < 1.29 is 13.2 Å². The monoisotopic (exact) mass is 411 g/mol. The second kappa shape index (κ2) is 7.03. The van der Waals surface area contributed by atoms with Crippen molar-refractivity contribution in [1.82, 2.24) is 15.2 Å². The molecule has 3 aliphatic rings. The van der Waals surface area contributed by atoms with Crippen molar-refractivity contribution >= 4 is 27.5 Å². The molecule has 2 bridgehead atoms. The smallest absolute Gasteiger partial charge is 0.265 e. The summed E-state index contributed by atoms with van der Waals surface area (Å²) >= 11 is 6.08. The Kier molecular flexibility index (Phi) is 4.99. The third kappa shape index (κ3) is 3.62. The van der Waals surface area contributed by atoms with Crippen LogP contribution >= 0.6 is 11.6 Å². The molecular weight excluding hydrogens is 386 g/mol. The number of hydrogen-bond acceptors (Lipinski definition) is 4. The summed E-state index contributed by atoms with van der Waals surface area (Å²) in [6.07, 6.45) is 4.02. The molecule has 1 saturated heterocycles. The third-order valence-electron chi connectivity index (χ3n) is 6.27. The second-order valence-corrected chi connectivity index (χ2v) is 10.5. The third-order valence-corrected chi connectivity index (χ3v) is 8.41. The first-order chi connectivity index (χ1) is 12.7. The Morgan fingerprint density at radius 3 is 2.41 bits per heavy atom. The Hall–Kier alpha value is -1.15. The predicted molar refractivity (Wildman–Crippen MR) is 104 cm³/mol. The van der Waals surface area contributed by atoms with E-state index in [-0.39, 0.29) is 21.9 Å². The highest BCUT2D eigenvalue weighted by Gasteiger charge is 2.51. The highest BCUT2D eigenvalue weighted by atomic mass is 35.5. The van der Waals surface area contributed by atoms with Crippen molar-refractivity contribution in [2.75, 3.05) is 13.1 Å². The minimum Gasteiger partial charge on any atom is -0.285 e. The van der Waals surface area contributed by atoms with E-state index in [1.165, 1.54) is 31.4 Å². The van der Waals surface area contributed by atoms with Gasteiger partial charge in [-0.25, -0.2) is 18.1 Å². The number of carbonyl (C=O) groups is 1. The number of nitrogens with one attached hydrogen (secondary N) is 2. The van der Waals surface area contributed by atoms with E-state index in [9.17, 15) is 13.2 Å². The van der Waals surface area contributed by atoms with Crippen LogP contribution in [0.15, 0.2) is 23.1 Å². The van der Waals surface area contributed by atoms with Gasteiger partial charge in [-0.05, 0) is 75.0 Å². The van der Waals surface area contributed by atoms with E-state index in [0.29, 0.717) is 17.4 Å². The molecule has 0 radical (unpaired) electrons. The molecule has 0 unspecified atom stereocenters. The van der Waals surface area contributed by atoms with Gasteiger partial charge in [0.15, 0.2) is 0 Å². The van der Waals surface area contributed by atoms with Crippen molar-refractivity contribution in [3.05, 3.63) is 28.8 Å². The molecule has 1 aromatic rings. The summed E-state index contributed by atoms with van der Waals surface area (Å²) in [4.78, 5) is 12.6. The molecule has 6 nitrogen and oxygen atoms in total. The van der Waals surface area contributed by atoms with Gasteiger partial charge in [0.25, 0.3) is 5.91 Å². The van der Waals surface area contributed by atoms with E-state index in [0.717, 1.165) is 24.9 Å². The molecule has 0 aromatic heterocycles. The zero-order chi connectivity index (χ0) is 19.3. The lowest BCUT2D eigenvalue weighted by molar-refractivity contribution is 0.0809. The maximum absolute atomic E-state index is 12.7. The zero-order valence-electron chi connectivity index (χ0n) is 15.6. The van der Waals surface area contributed by atoms with Crippen LogP contribution in [0.25, 0.3) is 0 Å². The predicted octanol–water partition coefficient (Wildman–Crippen LogP) is 2.65. The first kappa shape index (κ1) is 19.2. The van der Waals surface area contributed by atoms with Crippen molar-refractivity contribution in [1.29, 1.82) is 0 Å². The fraction of sp³-hybridized carbons (Fsp3) is 0.632. The van der Waals surface area contributed by atoms with E-state index in [1.807, 2.05) is 5.01 Å². The van der Waals surface area contributed by atoms with Crippen LogP contribution in [0.1, 0.15) is 43.5 Å². The number of hydrogen-bond donors (Lipinski definition) is 2. The maximum atomic E-state index is 12.7. The molecule has 27 heavy (non-hydrogen) atoms. The molecule has 4 rings (SSSR count). The van der Waals surface area contributed by atoms with Gasteiger partial charge >= 0.3 is 0 Å². The molecule has 1 aliphatic heterocycles. The largest absolute Gasteiger partial charge is 0.285 e. The Morgan fingerprint density at radius 1 is 1.19 bits per heavy atom. The van der Waals surface area contributed by atoms with Crippen LogP contribution in [-0.2, 0) is 10.0 Å². The minimum atomic E-state index is -3.77. The first-order valence-corrected chi connectivity index (χ1v) is 11.5. The van der Waals surface area contributed by atoms with Gasteiger partial charge in [-0.15, -0.1) is 0 Å². The first-order valence-electron chi connectivity index (χ1n) is 9.62. The van der Waals surface area contributed by atoms with E-state index < -0.39 is 10.0 Å². The van der Waals surface area contributed by atoms with E-state index in [2.05, 4.69) is 10.1 Å². The zero-order valence-corrected chi connectivity index (χ0v) is 17.2. The molecule has 4 atom stereocenters. The van der Waals surface area contributed by atoms with Crippen LogP contribution in [0.3, 0.4) is 0 Å². The molecule has 8 heteroatoms. The minimum absolute atomic E-state index is 0.0677. The van der Waals surface area contributed by atoms with Gasteiger partial charge in [-0.2, -0.15) is 0 Å². The summed E-state index contributed by atoms with van der Waals surface area (Å²) in [5.41, 5.74) is 3.26. The molecular formula is C19H26ClN3O3S. The van der Waals surface area contributed by atoms with Crippen LogP contribution in [0.4, 0.5) is 0 Å².